The number of ether oxygens (including phenoxy) is 2. The zero-order valence-corrected chi connectivity index (χ0v) is 19.4. The predicted molar refractivity (Wildman–Crippen MR) is 125 cm³/mol. The molecule has 0 amide bonds. The number of nitro groups is 1. The summed E-state index contributed by atoms with van der Waals surface area (Å²) in [7, 11) is 0. The van der Waals surface area contributed by atoms with Crippen molar-refractivity contribution in [3.8, 4) is 11.5 Å². The molecule has 34 heavy (non-hydrogen) atoms. The van der Waals surface area contributed by atoms with Crippen molar-refractivity contribution in [2.24, 2.45) is 5.10 Å². The van der Waals surface area contributed by atoms with Gasteiger partial charge in [-0.25, -0.2) is 0 Å². The average molecular weight is 538 g/mol. The molecular weight excluding hydrogens is 519 g/mol. The van der Waals surface area contributed by atoms with Crippen molar-refractivity contribution in [3.05, 3.63) is 91.9 Å². The van der Waals surface area contributed by atoms with Crippen molar-refractivity contribution < 1.29 is 27.6 Å². The van der Waals surface area contributed by atoms with Crippen molar-refractivity contribution >= 4 is 33.5 Å². The second-order valence-corrected chi connectivity index (χ2v) is 7.77. The van der Waals surface area contributed by atoms with Crippen molar-refractivity contribution in [1.29, 1.82) is 0 Å². The van der Waals surface area contributed by atoms with Gasteiger partial charge in [-0.05, 0) is 64.8 Å². The molecule has 0 saturated heterocycles. The number of benzene rings is 3. The summed E-state index contributed by atoms with van der Waals surface area (Å²) >= 11 is 3.44. The third-order valence-electron chi connectivity index (χ3n) is 4.49. The Balaban J connectivity index is 1.72. The van der Waals surface area contributed by atoms with Crippen LogP contribution in [-0.2, 0) is 12.8 Å². The van der Waals surface area contributed by atoms with Gasteiger partial charge in [-0.3, -0.25) is 15.5 Å². The van der Waals surface area contributed by atoms with E-state index in [0.717, 1.165) is 12.1 Å². The standard InChI is InChI=1S/C23H19BrF3N3O4/c1-2-33-21-11-16(13-28-29-18-8-6-17(7-9-18)23(25,26)27)20(24)12-22(21)34-14-15-4-3-5-19(10-15)30(31)32/h3-13,29H,2,14H2,1H3/b28-13+. The molecule has 0 atom stereocenters. The normalized spacial score (nSPS) is 11.4. The number of nitrogens with zero attached hydrogens (tertiary/aromatic N) is 2. The van der Waals surface area contributed by atoms with Gasteiger partial charge in [0.25, 0.3) is 5.69 Å². The number of halogens is 4. The molecule has 11 heteroatoms. The van der Waals surface area contributed by atoms with Gasteiger partial charge in [0.1, 0.15) is 6.61 Å². The highest BCUT2D eigenvalue weighted by Crippen LogP contribution is 2.34. The fraction of sp³-hybridized carbons (Fsp3) is 0.174. The average Bonchev–Trinajstić information content (AvgIpc) is 2.80. The minimum absolute atomic E-state index is 0.0283. The van der Waals surface area contributed by atoms with Crippen LogP contribution in [0.4, 0.5) is 24.5 Å². The minimum Gasteiger partial charge on any atom is -0.490 e. The third-order valence-corrected chi connectivity index (χ3v) is 5.17. The molecule has 0 spiro atoms. The Bertz CT molecular complexity index is 1190. The summed E-state index contributed by atoms with van der Waals surface area (Å²) < 4.78 is 50.1. The highest BCUT2D eigenvalue weighted by molar-refractivity contribution is 9.10. The molecule has 178 valence electrons. The second-order valence-electron chi connectivity index (χ2n) is 6.91. The van der Waals surface area contributed by atoms with E-state index in [4.69, 9.17) is 9.47 Å². The van der Waals surface area contributed by atoms with Gasteiger partial charge < -0.3 is 9.47 Å². The fourth-order valence-electron chi connectivity index (χ4n) is 2.86. The predicted octanol–water partition coefficient (Wildman–Crippen LogP) is 6.80. The largest absolute Gasteiger partial charge is 0.490 e. The Morgan fingerprint density at radius 1 is 1.09 bits per heavy atom. The van der Waals surface area contributed by atoms with Gasteiger partial charge >= 0.3 is 6.18 Å². The second kappa shape index (κ2) is 11.0. The SMILES string of the molecule is CCOc1cc(/C=N/Nc2ccc(C(F)(F)F)cc2)c(Br)cc1OCc1cccc([N+](=O)[O-])c1. The molecule has 3 aromatic rings. The highest BCUT2D eigenvalue weighted by atomic mass is 79.9. The third kappa shape index (κ3) is 6.70. The van der Waals surface area contributed by atoms with Crippen LogP contribution in [0.25, 0.3) is 0 Å². The minimum atomic E-state index is -4.40. The van der Waals surface area contributed by atoms with Crippen LogP contribution in [0.1, 0.15) is 23.6 Å². The lowest BCUT2D eigenvalue weighted by Gasteiger charge is -2.14. The highest BCUT2D eigenvalue weighted by Gasteiger charge is 2.29. The van der Waals surface area contributed by atoms with Crippen LogP contribution in [0.3, 0.4) is 0 Å². The first-order chi connectivity index (χ1) is 16.2. The number of non-ortho nitro benzene ring substituents is 1. The van der Waals surface area contributed by atoms with Crippen molar-refractivity contribution in [1.82, 2.24) is 0 Å². The first kappa shape index (κ1) is 25.0. The van der Waals surface area contributed by atoms with E-state index >= 15 is 0 Å². The van der Waals surface area contributed by atoms with Gasteiger partial charge in [-0.1, -0.05) is 12.1 Å². The Hall–Kier alpha value is -3.60. The van der Waals surface area contributed by atoms with E-state index in [1.807, 2.05) is 6.92 Å². The van der Waals surface area contributed by atoms with E-state index in [2.05, 4.69) is 26.5 Å². The van der Waals surface area contributed by atoms with Crippen LogP contribution in [0, 0.1) is 10.1 Å². The fourth-order valence-corrected chi connectivity index (χ4v) is 3.29. The van der Waals surface area contributed by atoms with Gasteiger partial charge in [0, 0.05) is 22.2 Å². The first-order valence-electron chi connectivity index (χ1n) is 9.96. The molecule has 0 fully saturated rings. The van der Waals surface area contributed by atoms with E-state index in [9.17, 15) is 23.3 Å². The molecule has 0 radical (unpaired) electrons. The van der Waals surface area contributed by atoms with Gasteiger partial charge in [-0.15, -0.1) is 0 Å². The van der Waals surface area contributed by atoms with E-state index in [1.54, 1.807) is 24.3 Å². The molecule has 0 aromatic heterocycles. The number of hydrogen-bond donors (Lipinski definition) is 1. The molecule has 3 rings (SSSR count). The molecular formula is C23H19BrF3N3O4. The lowest BCUT2D eigenvalue weighted by atomic mass is 10.2. The zero-order chi connectivity index (χ0) is 24.7. The number of hydrazone groups is 1. The summed E-state index contributed by atoms with van der Waals surface area (Å²) in [4.78, 5) is 10.5. The molecule has 0 aliphatic heterocycles. The lowest BCUT2D eigenvalue weighted by Crippen LogP contribution is -2.04. The van der Waals surface area contributed by atoms with Crippen LogP contribution < -0.4 is 14.9 Å². The summed E-state index contributed by atoms with van der Waals surface area (Å²) in [6.07, 6.45) is -2.92. The molecule has 3 aromatic carbocycles. The molecule has 0 aliphatic carbocycles. The Labute approximate surface area is 201 Å². The van der Waals surface area contributed by atoms with E-state index < -0.39 is 16.7 Å². The summed E-state index contributed by atoms with van der Waals surface area (Å²) in [6, 6.07) is 14.0. The lowest BCUT2D eigenvalue weighted by molar-refractivity contribution is -0.384. The van der Waals surface area contributed by atoms with Crippen LogP contribution >= 0.6 is 15.9 Å². The van der Waals surface area contributed by atoms with Gasteiger partial charge in [-0.2, -0.15) is 18.3 Å². The molecule has 0 unspecified atom stereocenters. The Morgan fingerprint density at radius 2 is 1.79 bits per heavy atom. The number of anilines is 1. The van der Waals surface area contributed by atoms with E-state index in [0.29, 0.717) is 39.4 Å². The monoisotopic (exact) mass is 537 g/mol. The molecule has 1 N–H and O–H groups in total. The molecule has 0 heterocycles. The van der Waals surface area contributed by atoms with Gasteiger partial charge in [0.15, 0.2) is 11.5 Å². The maximum atomic E-state index is 12.7. The molecule has 7 nitrogen and oxygen atoms in total. The molecule has 0 aliphatic rings. The van der Waals surface area contributed by atoms with Crippen molar-refractivity contribution in [2.45, 2.75) is 19.7 Å². The van der Waals surface area contributed by atoms with Gasteiger partial charge in [0.2, 0.25) is 0 Å². The summed E-state index contributed by atoms with van der Waals surface area (Å²) in [5, 5.41) is 15.0. The number of nitrogens with one attached hydrogen (secondary N) is 1. The maximum absolute atomic E-state index is 12.7. The zero-order valence-electron chi connectivity index (χ0n) is 17.8. The first-order valence-corrected chi connectivity index (χ1v) is 10.8. The summed E-state index contributed by atoms with van der Waals surface area (Å²) in [5.41, 5.74) is 3.55. The summed E-state index contributed by atoms with van der Waals surface area (Å²) in [5.74, 6) is 0.861. The number of rotatable bonds is 9. The van der Waals surface area contributed by atoms with Crippen LogP contribution in [-0.4, -0.2) is 17.7 Å². The molecule has 0 bridgehead atoms. The van der Waals surface area contributed by atoms with Crippen LogP contribution in [0.2, 0.25) is 0 Å². The van der Waals surface area contributed by atoms with Crippen LogP contribution in [0.5, 0.6) is 11.5 Å². The Kier molecular flexibility index (Phi) is 8.11. The Morgan fingerprint density at radius 3 is 2.44 bits per heavy atom. The van der Waals surface area contributed by atoms with E-state index in [-0.39, 0.29) is 12.3 Å². The number of nitro benzene ring substituents is 1. The smallest absolute Gasteiger partial charge is 0.416 e. The van der Waals surface area contributed by atoms with Crippen molar-refractivity contribution in [3.63, 3.8) is 0 Å². The van der Waals surface area contributed by atoms with Crippen molar-refractivity contribution in [2.75, 3.05) is 12.0 Å². The number of hydrogen-bond acceptors (Lipinski definition) is 6. The van der Waals surface area contributed by atoms with E-state index in [1.165, 1.54) is 30.5 Å². The summed E-state index contributed by atoms with van der Waals surface area (Å²) in [6.45, 7) is 2.28. The molecule has 0 saturated carbocycles. The van der Waals surface area contributed by atoms with Gasteiger partial charge in [0.05, 0.1) is 29.0 Å². The topological polar surface area (TPSA) is 86.0 Å². The quantitative estimate of drug-likeness (QED) is 0.184. The maximum Gasteiger partial charge on any atom is 0.416 e. The van der Waals surface area contributed by atoms with Crippen LogP contribution in [0.15, 0.2) is 70.2 Å². The number of alkyl halides is 3.